The van der Waals surface area contributed by atoms with Gasteiger partial charge in [0.2, 0.25) is 0 Å². The highest BCUT2D eigenvalue weighted by molar-refractivity contribution is 5.96. The van der Waals surface area contributed by atoms with Gasteiger partial charge in [0.1, 0.15) is 16.9 Å². The van der Waals surface area contributed by atoms with Gasteiger partial charge in [-0.25, -0.2) is 8.91 Å². The summed E-state index contributed by atoms with van der Waals surface area (Å²) in [4.78, 5) is 28.6. The van der Waals surface area contributed by atoms with Crippen LogP contribution >= 0.6 is 0 Å². The number of aliphatic hydroxyl groups is 1. The van der Waals surface area contributed by atoms with Crippen LogP contribution in [-0.2, 0) is 6.18 Å². The zero-order chi connectivity index (χ0) is 28.1. The monoisotopic (exact) mass is 538 g/mol. The Morgan fingerprint density at radius 1 is 1.03 bits per heavy atom. The van der Waals surface area contributed by atoms with Gasteiger partial charge in [-0.3, -0.25) is 9.59 Å². The molecule has 200 valence electrons. The molecular formula is C28H22F4N4O3. The number of hydrogen-bond donors (Lipinski definition) is 3. The van der Waals surface area contributed by atoms with Gasteiger partial charge >= 0.3 is 6.18 Å². The Morgan fingerprint density at radius 3 is 2.33 bits per heavy atom. The maximum absolute atomic E-state index is 14.2. The van der Waals surface area contributed by atoms with Gasteiger partial charge in [0, 0.05) is 5.56 Å². The Hall–Kier alpha value is -4.51. The average Bonchev–Trinajstić information content (AvgIpc) is 3.28. The largest absolute Gasteiger partial charge is 0.421 e. The summed E-state index contributed by atoms with van der Waals surface area (Å²) in [6.07, 6.45) is -3.90. The molecule has 3 N–H and O–H groups in total. The molecule has 11 heteroatoms. The number of fused-ring (bicyclic) bond motifs is 2. The first-order chi connectivity index (χ1) is 18.3. The van der Waals surface area contributed by atoms with Gasteiger partial charge in [0.05, 0.1) is 23.5 Å². The number of alkyl halides is 3. The van der Waals surface area contributed by atoms with Gasteiger partial charge in [-0.05, 0) is 48.4 Å². The SMILES string of the molecule is CC(C)(O)[C@@H](NC(=O)c1nn2cc(-c3ccc4ccccc4c3)[nH]c(=O)c2c1C(F)(F)F)c1ccc(F)cc1. The molecule has 0 unspecified atom stereocenters. The number of amides is 1. The lowest BCUT2D eigenvalue weighted by Gasteiger charge is -2.30. The fourth-order valence-corrected chi connectivity index (χ4v) is 4.54. The molecule has 0 radical (unpaired) electrons. The molecule has 0 aliphatic carbocycles. The zero-order valence-corrected chi connectivity index (χ0v) is 20.7. The second-order valence-corrected chi connectivity index (χ2v) is 9.69. The molecule has 7 nitrogen and oxygen atoms in total. The second-order valence-electron chi connectivity index (χ2n) is 9.69. The summed E-state index contributed by atoms with van der Waals surface area (Å²) < 4.78 is 56.8. The molecule has 0 aliphatic heterocycles. The predicted octanol–water partition coefficient (Wildman–Crippen LogP) is 5.24. The van der Waals surface area contributed by atoms with Gasteiger partial charge in [-0.1, -0.05) is 48.5 Å². The molecule has 0 saturated carbocycles. The Kier molecular flexibility index (Phi) is 6.26. The lowest BCUT2D eigenvalue weighted by Crippen LogP contribution is -2.42. The van der Waals surface area contributed by atoms with E-state index in [0.717, 1.165) is 27.4 Å². The zero-order valence-electron chi connectivity index (χ0n) is 20.7. The highest BCUT2D eigenvalue weighted by Gasteiger charge is 2.42. The Labute approximate surface area is 218 Å². The van der Waals surface area contributed by atoms with Crippen molar-refractivity contribution in [1.82, 2.24) is 19.9 Å². The molecule has 0 saturated heterocycles. The van der Waals surface area contributed by atoms with Crippen LogP contribution in [0.25, 0.3) is 27.5 Å². The summed E-state index contributed by atoms with van der Waals surface area (Å²) in [5.41, 5.74) is -5.16. The van der Waals surface area contributed by atoms with Crippen molar-refractivity contribution in [1.29, 1.82) is 0 Å². The van der Waals surface area contributed by atoms with Gasteiger partial charge < -0.3 is 15.4 Å². The van der Waals surface area contributed by atoms with E-state index in [9.17, 15) is 32.3 Å². The molecule has 0 spiro atoms. The first kappa shape index (κ1) is 26.1. The third-order valence-electron chi connectivity index (χ3n) is 6.37. The Bertz CT molecular complexity index is 1770. The lowest BCUT2D eigenvalue weighted by atomic mass is 9.91. The van der Waals surface area contributed by atoms with E-state index in [4.69, 9.17) is 0 Å². The van der Waals surface area contributed by atoms with E-state index in [1.54, 1.807) is 12.1 Å². The number of nitrogens with zero attached hydrogens (tertiary/aromatic N) is 2. The first-order valence-electron chi connectivity index (χ1n) is 11.8. The second kappa shape index (κ2) is 9.35. The van der Waals surface area contributed by atoms with Crippen LogP contribution < -0.4 is 10.9 Å². The molecule has 0 aliphatic rings. The van der Waals surface area contributed by atoms with Gasteiger partial charge in [-0.2, -0.15) is 18.3 Å². The Morgan fingerprint density at radius 2 is 1.69 bits per heavy atom. The van der Waals surface area contributed by atoms with E-state index in [0.29, 0.717) is 5.56 Å². The van der Waals surface area contributed by atoms with Crippen molar-refractivity contribution in [2.24, 2.45) is 0 Å². The number of H-pyrrole nitrogens is 1. The number of carbonyl (C=O) groups excluding carboxylic acids is 1. The molecule has 1 amide bonds. The van der Waals surface area contributed by atoms with Crippen molar-refractivity contribution in [3.8, 4) is 11.3 Å². The summed E-state index contributed by atoms with van der Waals surface area (Å²) in [6.45, 7) is 2.69. The minimum atomic E-state index is -5.11. The van der Waals surface area contributed by atoms with Crippen LogP contribution in [0.1, 0.15) is 41.5 Å². The smallest absolute Gasteiger partial charge is 0.388 e. The van der Waals surface area contributed by atoms with Crippen LogP contribution in [0.5, 0.6) is 0 Å². The van der Waals surface area contributed by atoms with Crippen molar-refractivity contribution in [3.63, 3.8) is 0 Å². The summed E-state index contributed by atoms with van der Waals surface area (Å²) in [5.74, 6) is -1.84. The van der Waals surface area contributed by atoms with E-state index in [1.165, 1.54) is 32.2 Å². The molecule has 0 fully saturated rings. The van der Waals surface area contributed by atoms with Crippen LogP contribution in [0.3, 0.4) is 0 Å². The molecule has 3 aromatic carbocycles. The average molecular weight is 539 g/mol. The molecule has 5 aromatic rings. The van der Waals surface area contributed by atoms with E-state index >= 15 is 0 Å². The molecule has 2 aromatic heterocycles. The number of halogens is 4. The lowest BCUT2D eigenvalue weighted by molar-refractivity contribution is -0.136. The number of aromatic nitrogens is 3. The van der Waals surface area contributed by atoms with E-state index in [1.807, 2.05) is 30.3 Å². The first-order valence-corrected chi connectivity index (χ1v) is 11.8. The maximum atomic E-state index is 14.2. The van der Waals surface area contributed by atoms with Crippen molar-refractivity contribution in [3.05, 3.63) is 106 Å². The minimum Gasteiger partial charge on any atom is -0.388 e. The molecule has 1 atom stereocenters. The standard InChI is InChI=1S/C28H22F4N4O3/c1-27(2,39)24(16-9-11-19(29)12-10-16)34-25(37)22-21(28(30,31)32)23-26(38)33-20(14-36(23)35-22)18-8-7-15-5-3-4-6-17(15)13-18/h3-14,24,39H,1-2H3,(H,33,38)(H,34,37)/t24-/m0/s1. The predicted molar refractivity (Wildman–Crippen MR) is 137 cm³/mol. The molecule has 39 heavy (non-hydrogen) atoms. The highest BCUT2D eigenvalue weighted by atomic mass is 19.4. The number of benzene rings is 3. The third-order valence-corrected chi connectivity index (χ3v) is 6.37. The van der Waals surface area contributed by atoms with Crippen molar-refractivity contribution in [2.75, 3.05) is 0 Å². The van der Waals surface area contributed by atoms with Crippen LogP contribution in [0.15, 0.2) is 77.7 Å². The number of carbonyl (C=O) groups is 1. The van der Waals surface area contributed by atoms with E-state index in [2.05, 4.69) is 15.4 Å². The fourth-order valence-electron chi connectivity index (χ4n) is 4.54. The quantitative estimate of drug-likeness (QED) is 0.267. The van der Waals surface area contributed by atoms with Crippen molar-refractivity contribution < 1.29 is 27.5 Å². The molecule has 5 rings (SSSR count). The topological polar surface area (TPSA) is 99.5 Å². The fraction of sp³-hybridized carbons (Fsp3) is 0.179. The molecule has 0 bridgehead atoms. The van der Waals surface area contributed by atoms with Gasteiger partial charge in [0.25, 0.3) is 11.5 Å². The summed E-state index contributed by atoms with van der Waals surface area (Å²) >= 11 is 0. The summed E-state index contributed by atoms with van der Waals surface area (Å²) in [5, 5.41) is 18.6. The van der Waals surface area contributed by atoms with Crippen LogP contribution in [0.2, 0.25) is 0 Å². The number of nitrogens with one attached hydrogen (secondary N) is 2. The van der Waals surface area contributed by atoms with Crippen LogP contribution in [-0.4, -0.2) is 31.2 Å². The third kappa shape index (κ3) is 5.00. The van der Waals surface area contributed by atoms with Crippen LogP contribution in [0, 0.1) is 5.82 Å². The molecule has 2 heterocycles. The van der Waals surface area contributed by atoms with Crippen molar-refractivity contribution >= 4 is 22.2 Å². The minimum absolute atomic E-state index is 0.196. The number of hydrogen-bond acceptors (Lipinski definition) is 4. The van der Waals surface area contributed by atoms with Gasteiger partial charge in [-0.15, -0.1) is 0 Å². The highest BCUT2D eigenvalue weighted by Crippen LogP contribution is 2.35. The summed E-state index contributed by atoms with van der Waals surface area (Å²) in [6, 6.07) is 16.3. The number of rotatable bonds is 5. The normalized spacial score (nSPS) is 13.1. The van der Waals surface area contributed by atoms with Gasteiger partial charge in [0.15, 0.2) is 5.69 Å². The maximum Gasteiger partial charge on any atom is 0.421 e. The molecular weight excluding hydrogens is 516 g/mol. The summed E-state index contributed by atoms with van der Waals surface area (Å²) in [7, 11) is 0. The number of aromatic amines is 1. The van der Waals surface area contributed by atoms with Crippen LogP contribution in [0.4, 0.5) is 17.6 Å². The Balaban J connectivity index is 1.62. The van der Waals surface area contributed by atoms with E-state index in [-0.39, 0.29) is 11.3 Å². The van der Waals surface area contributed by atoms with Crippen molar-refractivity contribution in [2.45, 2.75) is 31.7 Å². The van der Waals surface area contributed by atoms with E-state index < -0.39 is 51.9 Å².